The molecule has 47 heavy (non-hydrogen) atoms. The van der Waals surface area contributed by atoms with E-state index in [0.29, 0.717) is 17.6 Å². The lowest BCUT2D eigenvalue weighted by Gasteiger charge is -2.28. The largest absolute Gasteiger partial charge is 0.497 e. The Labute approximate surface area is 283 Å². The number of benzene rings is 2. The van der Waals surface area contributed by atoms with Gasteiger partial charge in [-0.3, -0.25) is 9.59 Å². The molecule has 0 aliphatic rings. The summed E-state index contributed by atoms with van der Waals surface area (Å²) in [5.41, 5.74) is 14.0. The molecule has 0 spiro atoms. The highest BCUT2D eigenvalue weighted by Crippen LogP contribution is 2.18. The summed E-state index contributed by atoms with van der Waals surface area (Å²) in [4.78, 5) is 36.8. The second-order valence-corrected chi connectivity index (χ2v) is 12.9. The van der Waals surface area contributed by atoms with Crippen LogP contribution in [0.2, 0.25) is 5.15 Å². The number of aryl methyl sites for hydroxylation is 2. The maximum atomic E-state index is 13.4. The minimum absolute atomic E-state index is 0.0613. The summed E-state index contributed by atoms with van der Waals surface area (Å²) >= 11 is 6.06. The second-order valence-electron chi connectivity index (χ2n) is 12.6. The van der Waals surface area contributed by atoms with Crippen molar-refractivity contribution < 1.29 is 23.5 Å². The molecule has 0 fully saturated rings. The molecule has 0 aliphatic heterocycles. The van der Waals surface area contributed by atoms with Crippen molar-refractivity contribution in [3.8, 4) is 11.5 Å². The number of carbonyl (C=O) groups excluding carboxylic acids is 2. The van der Waals surface area contributed by atoms with Crippen LogP contribution in [0.5, 0.6) is 11.5 Å². The molecule has 13 heteroatoms. The average molecular weight is 670 g/mol. The van der Waals surface area contributed by atoms with E-state index in [2.05, 4.69) is 70.9 Å². The molecule has 0 radical (unpaired) electrons. The Balaban J connectivity index is 1.76. The van der Waals surface area contributed by atoms with Gasteiger partial charge < -0.3 is 41.0 Å². The van der Waals surface area contributed by atoms with Gasteiger partial charge in [0, 0.05) is 13.0 Å². The summed E-state index contributed by atoms with van der Waals surface area (Å²) in [7, 11) is 9.50. The number of nitrogens with one attached hydrogen (secondary N) is 2. The van der Waals surface area contributed by atoms with E-state index in [4.69, 9.17) is 32.5 Å². The molecule has 6 N–H and O–H groups in total. The molecule has 3 rings (SSSR count). The monoisotopic (exact) mass is 669 g/mol. The van der Waals surface area contributed by atoms with Crippen LogP contribution in [-0.2, 0) is 17.6 Å². The first kappa shape index (κ1) is 37.3. The van der Waals surface area contributed by atoms with Crippen LogP contribution in [0.1, 0.15) is 40.9 Å². The van der Waals surface area contributed by atoms with Gasteiger partial charge in [0.1, 0.15) is 11.5 Å². The van der Waals surface area contributed by atoms with Crippen molar-refractivity contribution in [2.75, 3.05) is 79.6 Å². The van der Waals surface area contributed by atoms with E-state index >= 15 is 0 Å². The van der Waals surface area contributed by atoms with E-state index in [1.807, 2.05) is 24.3 Å². The third-order valence-corrected chi connectivity index (χ3v) is 7.95. The molecule has 0 saturated heterocycles. The Hall–Kier alpha value is -4.13. The highest BCUT2D eigenvalue weighted by molar-refractivity contribution is 6.31. The van der Waals surface area contributed by atoms with E-state index < -0.39 is 11.9 Å². The Morgan fingerprint density at radius 2 is 1.40 bits per heavy atom. The molecule has 1 heterocycles. The molecule has 256 valence electrons. The lowest BCUT2D eigenvalue weighted by molar-refractivity contribution is -0.869. The minimum atomic E-state index is -0.572. The van der Waals surface area contributed by atoms with Gasteiger partial charge >= 0.3 is 0 Å². The number of ether oxygens (including phenoxy) is 2. The summed E-state index contributed by atoms with van der Waals surface area (Å²) in [5, 5.41) is 5.86. The number of nitrogen functional groups attached to an aromatic ring is 2. The summed E-state index contributed by atoms with van der Waals surface area (Å²) < 4.78 is 11.3. The quantitative estimate of drug-likeness (QED) is 0.141. The molecule has 1 aromatic heterocycles. The number of hydrogen-bond donors (Lipinski definition) is 4. The van der Waals surface area contributed by atoms with Crippen molar-refractivity contribution in [3.63, 3.8) is 0 Å². The Morgan fingerprint density at radius 1 is 0.872 bits per heavy atom. The van der Waals surface area contributed by atoms with Gasteiger partial charge in [-0.2, -0.15) is 0 Å². The molecule has 2 amide bonds. The van der Waals surface area contributed by atoms with Gasteiger partial charge in [-0.25, -0.2) is 9.97 Å². The highest BCUT2D eigenvalue weighted by Gasteiger charge is 2.24. The summed E-state index contributed by atoms with van der Waals surface area (Å²) in [6, 6.07) is 15.6. The number of aromatic nitrogens is 2. The molecule has 2 aromatic carbocycles. The Morgan fingerprint density at radius 3 is 1.89 bits per heavy atom. The zero-order valence-corrected chi connectivity index (χ0v) is 29.0. The van der Waals surface area contributed by atoms with Gasteiger partial charge in [0.25, 0.3) is 5.91 Å². The van der Waals surface area contributed by atoms with Crippen molar-refractivity contribution in [1.82, 2.24) is 25.5 Å². The number of rotatable bonds is 19. The number of hydrogen-bond acceptors (Lipinski definition) is 9. The Bertz CT molecular complexity index is 1380. The zero-order valence-electron chi connectivity index (χ0n) is 28.2. The number of amides is 2. The summed E-state index contributed by atoms with van der Waals surface area (Å²) in [5.74, 6) is 0.715. The molecule has 12 nitrogen and oxygen atoms in total. The maximum Gasteiger partial charge on any atom is 0.274 e. The van der Waals surface area contributed by atoms with Gasteiger partial charge in [0.05, 0.1) is 54.5 Å². The van der Waals surface area contributed by atoms with Gasteiger partial charge in [-0.15, -0.1) is 0 Å². The van der Waals surface area contributed by atoms with Gasteiger partial charge in [-0.1, -0.05) is 35.9 Å². The predicted molar refractivity (Wildman–Crippen MR) is 187 cm³/mol. The molecular weight excluding hydrogens is 620 g/mol. The SMILES string of the molecule is COc1ccc(CCCN(CCCc2ccc(OC)cc2)C[C@H](CC(=O)NCC[N+](C)(C)C)NC(=O)c2nc(Cl)c(N)nc2N)cc1. The topological polar surface area (TPSA) is 158 Å². The molecule has 0 saturated carbocycles. The highest BCUT2D eigenvalue weighted by atomic mass is 35.5. The fraction of sp³-hybridized carbons (Fsp3) is 0.471. The molecule has 0 unspecified atom stereocenters. The molecule has 0 bridgehead atoms. The fourth-order valence-corrected chi connectivity index (χ4v) is 5.18. The number of nitrogens with two attached hydrogens (primary N) is 2. The van der Waals surface area contributed by atoms with Crippen LogP contribution in [0, 0.1) is 0 Å². The number of nitrogens with zero attached hydrogens (tertiary/aromatic N) is 4. The standard InChI is InChI=1S/C34H49ClN8O4/c1-43(2,3)21-18-38-29(44)22-26(39-34(45)30-32(36)41-33(37)31(35)40-30)23-42(19-6-8-24-10-14-27(46-4)15-11-24)20-7-9-25-12-16-28(47-5)17-13-25/h10-17,26H,6-9,18-23H2,1-5H3,(H5-,36,37,38,39,41,44,45)/p+1/t26-/m0/s1. The molecule has 1 atom stereocenters. The van der Waals surface area contributed by atoms with Crippen LogP contribution in [0.3, 0.4) is 0 Å². The van der Waals surface area contributed by atoms with E-state index in [0.717, 1.165) is 56.8 Å². The first-order chi connectivity index (χ1) is 22.4. The number of carbonyl (C=O) groups is 2. The predicted octanol–water partition coefficient (Wildman–Crippen LogP) is 3.19. The van der Waals surface area contributed by atoms with E-state index in [-0.39, 0.29) is 34.8 Å². The number of quaternary nitrogens is 1. The van der Waals surface area contributed by atoms with Crippen LogP contribution in [0.4, 0.5) is 11.6 Å². The smallest absolute Gasteiger partial charge is 0.274 e. The van der Waals surface area contributed by atoms with Crippen LogP contribution in [0.15, 0.2) is 48.5 Å². The first-order valence-corrected chi connectivity index (χ1v) is 16.2. The third-order valence-electron chi connectivity index (χ3n) is 7.67. The average Bonchev–Trinajstić information content (AvgIpc) is 3.02. The van der Waals surface area contributed by atoms with E-state index in [1.165, 1.54) is 11.1 Å². The molecule has 3 aromatic rings. The van der Waals surface area contributed by atoms with Gasteiger partial charge in [-0.05, 0) is 74.2 Å². The van der Waals surface area contributed by atoms with Crippen LogP contribution < -0.4 is 31.6 Å². The summed E-state index contributed by atoms with van der Waals surface area (Å²) in [6.45, 7) is 3.25. The van der Waals surface area contributed by atoms with Crippen LogP contribution in [0.25, 0.3) is 0 Å². The summed E-state index contributed by atoms with van der Waals surface area (Å²) in [6.07, 6.45) is 3.59. The van der Waals surface area contributed by atoms with Crippen molar-refractivity contribution in [2.45, 2.75) is 38.1 Å². The van der Waals surface area contributed by atoms with E-state index in [9.17, 15) is 9.59 Å². The van der Waals surface area contributed by atoms with Crippen molar-refractivity contribution >= 4 is 35.1 Å². The van der Waals surface area contributed by atoms with Crippen molar-refractivity contribution in [2.24, 2.45) is 0 Å². The third kappa shape index (κ3) is 13.3. The number of anilines is 2. The number of likely N-dealkylation sites (N-methyl/N-ethyl adjacent to an activating group) is 1. The molecule has 0 aliphatic carbocycles. The number of halogens is 1. The van der Waals surface area contributed by atoms with E-state index in [1.54, 1.807) is 14.2 Å². The maximum absolute atomic E-state index is 13.4. The Kier molecular flexibility index (Phi) is 14.5. The molecular formula is C34H50ClN8O4+. The van der Waals surface area contributed by atoms with Crippen molar-refractivity contribution in [3.05, 3.63) is 70.5 Å². The van der Waals surface area contributed by atoms with Crippen LogP contribution >= 0.6 is 11.6 Å². The fourth-order valence-electron chi connectivity index (χ4n) is 5.05. The minimum Gasteiger partial charge on any atom is -0.497 e. The second kappa shape index (κ2) is 18.3. The lowest BCUT2D eigenvalue weighted by Crippen LogP contribution is -2.48. The lowest BCUT2D eigenvalue weighted by atomic mass is 10.1. The van der Waals surface area contributed by atoms with Gasteiger partial charge in [0.2, 0.25) is 5.91 Å². The van der Waals surface area contributed by atoms with Crippen LogP contribution in [-0.4, -0.2) is 105 Å². The number of methoxy groups -OCH3 is 2. The normalized spacial score (nSPS) is 12.1. The zero-order chi connectivity index (χ0) is 34.4. The first-order valence-electron chi connectivity index (χ1n) is 15.8. The van der Waals surface area contributed by atoms with Crippen molar-refractivity contribution in [1.29, 1.82) is 0 Å². The van der Waals surface area contributed by atoms with Gasteiger partial charge in [0.15, 0.2) is 22.5 Å².